The average Bonchev–Trinajstić information content (AvgIpc) is 1.41. The summed E-state index contributed by atoms with van der Waals surface area (Å²) < 4.78 is 30.4. The minimum atomic E-state index is -2.60. The van der Waals surface area contributed by atoms with Crippen molar-refractivity contribution in [3.63, 3.8) is 0 Å². The number of halogens is 3. The molecular formula is H3Cl3O4. The van der Waals surface area contributed by atoms with Crippen molar-refractivity contribution in [3.05, 3.63) is 0 Å². The van der Waals surface area contributed by atoms with E-state index in [-0.39, 0.29) is 12.4 Å². The molecule has 0 aromatic rings. The Morgan fingerprint density at radius 1 is 1.29 bits per heavy atom. The smallest absolute Gasteiger partial charge is 0.282 e. The molecular weight excluding hydrogens is 170 g/mol. The van der Waals surface area contributed by atoms with Crippen molar-refractivity contribution in [3.8, 4) is 0 Å². The predicted molar refractivity (Wildman–Crippen MR) is 17.5 cm³/mol. The van der Waals surface area contributed by atoms with Crippen molar-refractivity contribution in [2.45, 2.75) is 0 Å². The normalized spacial score (nSPS) is 6.00. The summed E-state index contributed by atoms with van der Waals surface area (Å²) in [5.74, 6) is 0. The van der Waals surface area contributed by atoms with Gasteiger partial charge in [0, 0.05) is 4.66 Å². The van der Waals surface area contributed by atoms with Crippen molar-refractivity contribution in [2.75, 3.05) is 0 Å². The summed E-state index contributed by atoms with van der Waals surface area (Å²) in [5.41, 5.74) is 0. The van der Waals surface area contributed by atoms with E-state index >= 15 is 0 Å². The van der Waals surface area contributed by atoms with Gasteiger partial charge in [-0.05, 0) is 0 Å². The molecule has 0 aromatic heterocycles. The van der Waals surface area contributed by atoms with E-state index in [0.29, 0.717) is 0 Å². The van der Waals surface area contributed by atoms with Crippen molar-refractivity contribution in [1.82, 2.24) is 0 Å². The van der Waals surface area contributed by atoms with E-state index in [1.165, 1.54) is 0 Å². The standard InChI is InChI=1S/ClHO3.ClHO.ClH/c2-1(3)4;1-2;/h2H;2H;1H. The summed E-state index contributed by atoms with van der Waals surface area (Å²) in [4.78, 5) is 0. The lowest BCUT2D eigenvalue weighted by Crippen LogP contribution is -2.30. The van der Waals surface area contributed by atoms with Crippen molar-refractivity contribution in [1.29, 1.82) is 0 Å². The summed E-state index contributed by atoms with van der Waals surface area (Å²) in [5, 5.41) is 0. The molecule has 0 aliphatic carbocycles. The molecule has 0 aliphatic rings. The first-order chi connectivity index (χ1) is 2.73. The second-order valence-electron chi connectivity index (χ2n) is 0.201. The van der Waals surface area contributed by atoms with Crippen LogP contribution in [0, 0.1) is 10.8 Å². The van der Waals surface area contributed by atoms with Gasteiger partial charge in [0.2, 0.25) is 0 Å². The van der Waals surface area contributed by atoms with Crippen LogP contribution in [0.3, 0.4) is 0 Å². The molecule has 0 saturated heterocycles. The zero-order valence-corrected chi connectivity index (χ0v) is 5.20. The number of hydrogen-bond donors (Lipinski definition) is 2. The monoisotopic (exact) mass is 172 g/mol. The first-order valence-electron chi connectivity index (χ1n) is 0.647. The zero-order valence-electron chi connectivity index (χ0n) is 2.88. The van der Waals surface area contributed by atoms with Crippen LogP contribution in [0.15, 0.2) is 0 Å². The van der Waals surface area contributed by atoms with E-state index < -0.39 is 10.8 Å². The molecule has 0 aromatic carbocycles. The van der Waals surface area contributed by atoms with E-state index in [0.717, 1.165) is 0 Å². The van der Waals surface area contributed by atoms with Gasteiger partial charge in [0.25, 0.3) is 10.8 Å². The predicted octanol–water partition coefficient (Wildman–Crippen LogP) is -2.38. The highest BCUT2D eigenvalue weighted by Crippen LogP contribution is 1.38. The molecule has 2 N–H and O–H groups in total. The molecule has 0 fully saturated rings. The second-order valence-corrected chi connectivity index (χ2v) is 0.603. The molecule has 0 rings (SSSR count). The largest absolute Gasteiger partial charge is 0.321 e. The van der Waals surface area contributed by atoms with Gasteiger partial charge in [-0.1, -0.05) is 0 Å². The summed E-state index contributed by atoms with van der Waals surface area (Å²) >= 11 is 3.64. The maximum absolute atomic E-state index is 8.52. The fraction of sp³-hybridized carbons (Fsp3) is 0. The quantitative estimate of drug-likeness (QED) is 0.428. The van der Waals surface area contributed by atoms with Crippen LogP contribution in [0.25, 0.3) is 0 Å². The third kappa shape index (κ3) is 295. The molecule has 0 spiro atoms. The Balaban J connectivity index is -0.0000000480. The lowest BCUT2D eigenvalue weighted by Gasteiger charge is -1.72. The fourth-order valence-electron chi connectivity index (χ4n) is 0. The Morgan fingerprint density at radius 2 is 1.29 bits per heavy atom. The zero-order chi connectivity index (χ0) is 5.58. The van der Waals surface area contributed by atoms with Gasteiger partial charge in [-0.3, -0.25) is 4.66 Å². The molecule has 0 radical (unpaired) electrons. The van der Waals surface area contributed by atoms with E-state index in [4.69, 9.17) is 18.6 Å². The van der Waals surface area contributed by atoms with Gasteiger partial charge < -0.3 is 9.32 Å². The van der Waals surface area contributed by atoms with E-state index in [1.54, 1.807) is 0 Å². The molecule has 0 aliphatic heterocycles. The fourth-order valence-corrected chi connectivity index (χ4v) is 0. The Labute approximate surface area is 54.3 Å². The molecule has 7 heavy (non-hydrogen) atoms. The maximum atomic E-state index is 8.52. The van der Waals surface area contributed by atoms with Crippen LogP contribution in [-0.4, -0.2) is 9.32 Å². The molecule has 0 bridgehead atoms. The minimum absolute atomic E-state index is 0. The van der Waals surface area contributed by atoms with Crippen LogP contribution < -0.4 is 9.32 Å². The summed E-state index contributed by atoms with van der Waals surface area (Å²) in [6, 6.07) is 0. The Hall–Kier alpha value is 0.710. The molecule has 48 valence electrons. The van der Waals surface area contributed by atoms with Gasteiger partial charge >= 0.3 is 0 Å². The van der Waals surface area contributed by atoms with Crippen LogP contribution in [-0.2, 0) is 0 Å². The van der Waals surface area contributed by atoms with Crippen molar-refractivity contribution < 1.29 is 29.4 Å². The van der Waals surface area contributed by atoms with Crippen LogP contribution in [0.1, 0.15) is 0 Å². The molecule has 0 atom stereocenters. The van der Waals surface area contributed by atoms with Gasteiger partial charge in [0.1, 0.15) is 0 Å². The molecule has 0 saturated carbocycles. The van der Waals surface area contributed by atoms with Crippen LogP contribution in [0.5, 0.6) is 0 Å². The molecule has 0 amide bonds. The average molecular weight is 173 g/mol. The van der Waals surface area contributed by atoms with Gasteiger partial charge in [0.15, 0.2) is 0 Å². The Bertz CT molecular complexity index is 11.7. The van der Waals surface area contributed by atoms with E-state index in [2.05, 4.69) is 11.9 Å². The van der Waals surface area contributed by atoms with Crippen LogP contribution in [0.2, 0.25) is 0 Å². The van der Waals surface area contributed by atoms with E-state index in [9.17, 15) is 0 Å². The summed E-state index contributed by atoms with van der Waals surface area (Å²) in [6.07, 6.45) is 0. The lowest BCUT2D eigenvalue weighted by atomic mass is 15.8. The Morgan fingerprint density at radius 3 is 1.29 bits per heavy atom. The SMILES string of the molecule is Cl.OCl.[O-][Cl+2]([O-])O. The highest BCUT2D eigenvalue weighted by Gasteiger charge is 1.79. The third-order valence-corrected chi connectivity index (χ3v) is 0. The lowest BCUT2D eigenvalue weighted by molar-refractivity contribution is -1.63. The van der Waals surface area contributed by atoms with Gasteiger partial charge in [-0.25, -0.2) is 0 Å². The van der Waals surface area contributed by atoms with Crippen molar-refractivity contribution >= 4 is 24.3 Å². The second kappa shape index (κ2) is 15.9. The molecule has 0 unspecified atom stereocenters. The van der Waals surface area contributed by atoms with Gasteiger partial charge in [-0.2, -0.15) is 0 Å². The number of rotatable bonds is 0. The molecule has 7 heteroatoms. The minimum Gasteiger partial charge on any atom is -0.321 e. The third-order valence-electron chi connectivity index (χ3n) is 0. The summed E-state index contributed by atoms with van der Waals surface area (Å²) in [7, 11) is -2.60. The highest BCUT2D eigenvalue weighted by atomic mass is 35.6. The summed E-state index contributed by atoms with van der Waals surface area (Å²) in [6.45, 7) is 0. The van der Waals surface area contributed by atoms with Gasteiger partial charge in [0.05, 0.1) is 11.9 Å². The van der Waals surface area contributed by atoms with Gasteiger partial charge in [-0.15, -0.1) is 12.4 Å². The van der Waals surface area contributed by atoms with E-state index in [1.807, 2.05) is 0 Å². The highest BCUT2D eigenvalue weighted by molar-refractivity contribution is 6.04. The topological polar surface area (TPSA) is 86.6 Å². The first-order valence-corrected chi connectivity index (χ1v) is 1.94. The molecule has 0 heterocycles. The van der Waals surface area contributed by atoms with Crippen LogP contribution >= 0.6 is 24.3 Å². The van der Waals surface area contributed by atoms with Crippen LogP contribution in [0.4, 0.5) is 0 Å². The Kier molecular flexibility index (Phi) is 35.5. The molecule has 4 nitrogen and oxygen atoms in total. The maximum Gasteiger partial charge on any atom is 0.282 e. The first kappa shape index (κ1) is 15.6. The van der Waals surface area contributed by atoms with Crippen molar-refractivity contribution in [2.24, 2.45) is 0 Å². The number of hydrogen-bond acceptors (Lipinski definition) is 4.